The van der Waals surface area contributed by atoms with Gasteiger partial charge in [0.15, 0.2) is 0 Å². The summed E-state index contributed by atoms with van der Waals surface area (Å²) in [6.45, 7) is 1.80. The van der Waals surface area contributed by atoms with E-state index < -0.39 is 4.92 Å². The molecule has 0 aliphatic heterocycles. The highest BCUT2D eigenvalue weighted by atomic mass is 16.6. The van der Waals surface area contributed by atoms with Crippen molar-refractivity contribution in [2.75, 3.05) is 5.32 Å². The van der Waals surface area contributed by atoms with Crippen molar-refractivity contribution in [3.8, 4) is 0 Å². The Morgan fingerprint density at radius 1 is 1.35 bits per heavy atom. The molecule has 0 saturated heterocycles. The monoisotopic (exact) mass is 230 g/mol. The summed E-state index contributed by atoms with van der Waals surface area (Å²) in [4.78, 5) is 18.3. The zero-order chi connectivity index (χ0) is 12.3. The van der Waals surface area contributed by atoms with Crippen LogP contribution in [0, 0.1) is 17.0 Å². The lowest BCUT2D eigenvalue weighted by atomic mass is 10.2. The largest absolute Gasteiger partial charge is 0.333 e. The van der Waals surface area contributed by atoms with Crippen LogP contribution in [0.5, 0.6) is 0 Å². The molecular weight excluding hydrogens is 220 g/mol. The maximum absolute atomic E-state index is 10.9. The SMILES string of the molecule is Cc1ccc(Nc2cnccn2)c([N+](=O)[O-])c1. The molecule has 86 valence electrons. The van der Waals surface area contributed by atoms with E-state index in [2.05, 4.69) is 15.3 Å². The number of anilines is 2. The van der Waals surface area contributed by atoms with Crippen molar-refractivity contribution < 1.29 is 4.92 Å². The third-order valence-corrected chi connectivity index (χ3v) is 2.18. The lowest BCUT2D eigenvalue weighted by Crippen LogP contribution is -1.99. The van der Waals surface area contributed by atoms with Gasteiger partial charge in [0, 0.05) is 18.5 Å². The summed E-state index contributed by atoms with van der Waals surface area (Å²) in [5.74, 6) is 0.472. The first-order chi connectivity index (χ1) is 8.16. The number of aryl methyl sites for hydroxylation is 1. The topological polar surface area (TPSA) is 81.0 Å². The maximum Gasteiger partial charge on any atom is 0.292 e. The zero-order valence-corrected chi connectivity index (χ0v) is 9.12. The Bertz CT molecular complexity index is 542. The van der Waals surface area contributed by atoms with Gasteiger partial charge in [0.25, 0.3) is 5.69 Å². The Morgan fingerprint density at radius 2 is 2.18 bits per heavy atom. The second kappa shape index (κ2) is 4.56. The Morgan fingerprint density at radius 3 is 2.82 bits per heavy atom. The van der Waals surface area contributed by atoms with E-state index in [-0.39, 0.29) is 5.69 Å². The summed E-state index contributed by atoms with van der Waals surface area (Å²) in [5.41, 5.74) is 1.26. The average molecular weight is 230 g/mol. The van der Waals surface area contributed by atoms with Crippen LogP contribution in [0.2, 0.25) is 0 Å². The van der Waals surface area contributed by atoms with Gasteiger partial charge in [-0.05, 0) is 18.6 Å². The highest BCUT2D eigenvalue weighted by Crippen LogP contribution is 2.27. The van der Waals surface area contributed by atoms with E-state index in [4.69, 9.17) is 0 Å². The molecule has 17 heavy (non-hydrogen) atoms. The summed E-state index contributed by atoms with van der Waals surface area (Å²) in [5, 5.41) is 13.8. The molecule has 0 unspecified atom stereocenters. The predicted octanol–water partition coefficient (Wildman–Crippen LogP) is 2.44. The Hall–Kier alpha value is -2.50. The zero-order valence-electron chi connectivity index (χ0n) is 9.12. The highest BCUT2D eigenvalue weighted by Gasteiger charge is 2.13. The molecule has 0 bridgehead atoms. The van der Waals surface area contributed by atoms with Gasteiger partial charge in [0.1, 0.15) is 11.5 Å². The van der Waals surface area contributed by atoms with Gasteiger partial charge < -0.3 is 5.32 Å². The maximum atomic E-state index is 10.9. The quantitative estimate of drug-likeness (QED) is 0.646. The fraction of sp³-hybridized carbons (Fsp3) is 0.0909. The van der Waals surface area contributed by atoms with Crippen LogP contribution in [0.3, 0.4) is 0 Å². The molecule has 0 spiro atoms. The van der Waals surface area contributed by atoms with Gasteiger partial charge in [-0.25, -0.2) is 4.98 Å². The van der Waals surface area contributed by atoms with Gasteiger partial charge in [0.05, 0.1) is 11.1 Å². The number of nitro groups is 1. The van der Waals surface area contributed by atoms with Gasteiger partial charge in [-0.2, -0.15) is 0 Å². The molecule has 1 N–H and O–H groups in total. The average Bonchev–Trinajstić information content (AvgIpc) is 2.32. The molecule has 6 heteroatoms. The Kier molecular flexibility index (Phi) is 2.95. The van der Waals surface area contributed by atoms with Gasteiger partial charge in [-0.15, -0.1) is 0 Å². The van der Waals surface area contributed by atoms with E-state index >= 15 is 0 Å². The lowest BCUT2D eigenvalue weighted by Gasteiger charge is -2.06. The highest BCUT2D eigenvalue weighted by molar-refractivity contribution is 5.68. The number of rotatable bonds is 3. The van der Waals surface area contributed by atoms with Gasteiger partial charge in [0.2, 0.25) is 0 Å². The third-order valence-electron chi connectivity index (χ3n) is 2.18. The fourth-order valence-electron chi connectivity index (χ4n) is 1.40. The summed E-state index contributed by atoms with van der Waals surface area (Å²) in [6.07, 6.45) is 4.56. The number of hydrogen-bond donors (Lipinski definition) is 1. The van der Waals surface area contributed by atoms with Crippen LogP contribution < -0.4 is 5.32 Å². The normalized spacial score (nSPS) is 9.94. The molecular formula is C11H10N4O2. The number of nitro benzene ring substituents is 1. The fourth-order valence-corrected chi connectivity index (χ4v) is 1.40. The van der Waals surface area contributed by atoms with Crippen molar-refractivity contribution in [3.63, 3.8) is 0 Å². The van der Waals surface area contributed by atoms with Gasteiger partial charge in [-0.1, -0.05) is 6.07 Å². The summed E-state index contributed by atoms with van der Waals surface area (Å²) >= 11 is 0. The lowest BCUT2D eigenvalue weighted by molar-refractivity contribution is -0.384. The molecule has 0 aliphatic carbocycles. The molecule has 0 radical (unpaired) electrons. The molecule has 1 aromatic carbocycles. The third kappa shape index (κ3) is 2.54. The van der Waals surface area contributed by atoms with Crippen molar-refractivity contribution in [3.05, 3.63) is 52.5 Å². The van der Waals surface area contributed by atoms with Crippen LogP contribution in [0.4, 0.5) is 17.2 Å². The van der Waals surface area contributed by atoms with Crippen molar-refractivity contribution in [1.29, 1.82) is 0 Å². The molecule has 6 nitrogen and oxygen atoms in total. The number of nitrogens with zero attached hydrogens (tertiary/aromatic N) is 3. The number of aromatic nitrogens is 2. The van der Waals surface area contributed by atoms with E-state index in [1.54, 1.807) is 19.1 Å². The minimum Gasteiger partial charge on any atom is -0.333 e. The van der Waals surface area contributed by atoms with Crippen LogP contribution in [0.1, 0.15) is 5.56 Å². The van der Waals surface area contributed by atoms with Crippen LogP contribution in [-0.2, 0) is 0 Å². The van der Waals surface area contributed by atoms with E-state index in [1.165, 1.54) is 24.7 Å². The van der Waals surface area contributed by atoms with Crippen LogP contribution in [-0.4, -0.2) is 14.9 Å². The first-order valence-electron chi connectivity index (χ1n) is 4.95. The minimum atomic E-state index is -0.425. The first-order valence-corrected chi connectivity index (χ1v) is 4.95. The molecule has 0 fully saturated rings. The van der Waals surface area contributed by atoms with Crippen LogP contribution in [0.25, 0.3) is 0 Å². The summed E-state index contributed by atoms with van der Waals surface area (Å²) in [7, 11) is 0. The van der Waals surface area contributed by atoms with Gasteiger partial charge in [-0.3, -0.25) is 15.1 Å². The van der Waals surface area contributed by atoms with Crippen LogP contribution in [0.15, 0.2) is 36.8 Å². The van der Waals surface area contributed by atoms with Crippen molar-refractivity contribution in [2.45, 2.75) is 6.92 Å². The molecule has 0 atom stereocenters. The van der Waals surface area contributed by atoms with Crippen molar-refractivity contribution >= 4 is 17.2 Å². The van der Waals surface area contributed by atoms with E-state index in [9.17, 15) is 10.1 Å². The predicted molar refractivity (Wildman–Crippen MR) is 63.1 cm³/mol. The summed E-state index contributed by atoms with van der Waals surface area (Å²) < 4.78 is 0. The molecule has 2 aromatic rings. The van der Waals surface area contributed by atoms with E-state index in [1.807, 2.05) is 0 Å². The smallest absolute Gasteiger partial charge is 0.292 e. The molecule has 0 aliphatic rings. The molecule has 2 rings (SSSR count). The van der Waals surface area contributed by atoms with Gasteiger partial charge >= 0.3 is 0 Å². The number of nitrogens with one attached hydrogen (secondary N) is 1. The second-order valence-corrected chi connectivity index (χ2v) is 3.49. The molecule has 0 saturated carbocycles. The number of hydrogen-bond acceptors (Lipinski definition) is 5. The standard InChI is InChI=1S/C11H10N4O2/c1-8-2-3-9(10(6-8)15(16)17)14-11-7-12-4-5-13-11/h2-7H,1H3,(H,13,14). The molecule has 1 aromatic heterocycles. The Balaban J connectivity index is 2.36. The van der Waals surface area contributed by atoms with Crippen molar-refractivity contribution in [1.82, 2.24) is 9.97 Å². The first kappa shape index (κ1) is 11.0. The van der Waals surface area contributed by atoms with Crippen LogP contribution >= 0.6 is 0 Å². The van der Waals surface area contributed by atoms with E-state index in [0.29, 0.717) is 11.5 Å². The number of benzene rings is 1. The summed E-state index contributed by atoms with van der Waals surface area (Å²) in [6, 6.07) is 4.96. The van der Waals surface area contributed by atoms with Crippen molar-refractivity contribution in [2.24, 2.45) is 0 Å². The second-order valence-electron chi connectivity index (χ2n) is 3.49. The molecule has 1 heterocycles. The minimum absolute atomic E-state index is 0.0238. The van der Waals surface area contributed by atoms with E-state index in [0.717, 1.165) is 5.56 Å². The molecule has 0 amide bonds. The Labute approximate surface area is 97.5 Å².